The van der Waals surface area contributed by atoms with Crippen molar-refractivity contribution in [2.24, 2.45) is 0 Å². The number of H-pyrrole nitrogens is 1. The molecule has 1 amide bonds. The Bertz CT molecular complexity index is 574. The van der Waals surface area contributed by atoms with Gasteiger partial charge in [-0.15, -0.1) is 0 Å². The first-order valence-corrected chi connectivity index (χ1v) is 5.43. The molecule has 0 atom stereocenters. The number of pyridine rings is 1. The van der Waals surface area contributed by atoms with Crippen molar-refractivity contribution >= 4 is 27.7 Å². The number of carbonyl (C=O) groups is 1. The van der Waals surface area contributed by atoms with Gasteiger partial charge >= 0.3 is 0 Å². The van der Waals surface area contributed by atoms with Gasteiger partial charge in [0.15, 0.2) is 5.82 Å². The number of amides is 1. The van der Waals surface area contributed by atoms with E-state index in [9.17, 15) is 9.59 Å². The summed E-state index contributed by atoms with van der Waals surface area (Å²) in [5, 5.41) is 8.38. The highest BCUT2D eigenvalue weighted by Gasteiger charge is 2.07. The highest BCUT2D eigenvalue weighted by atomic mass is 79.9. The van der Waals surface area contributed by atoms with E-state index in [2.05, 4.69) is 36.4 Å². The molecule has 0 radical (unpaired) electrons. The average Bonchev–Trinajstić information content (AvgIpc) is 2.33. The van der Waals surface area contributed by atoms with Crippen LogP contribution in [0.5, 0.6) is 0 Å². The van der Waals surface area contributed by atoms with E-state index in [1.54, 1.807) is 12.1 Å². The second-order valence-electron chi connectivity index (χ2n) is 3.12. The second-order valence-corrected chi connectivity index (χ2v) is 4.04. The van der Waals surface area contributed by atoms with Gasteiger partial charge in [-0.3, -0.25) is 9.59 Å². The summed E-state index contributed by atoms with van der Waals surface area (Å²) in [5.74, 6) is -0.128. The molecule has 2 N–H and O–H groups in total. The molecule has 17 heavy (non-hydrogen) atoms. The lowest BCUT2D eigenvalue weighted by Crippen LogP contribution is -2.16. The first-order chi connectivity index (χ1) is 8.15. The van der Waals surface area contributed by atoms with Crippen molar-refractivity contribution in [2.45, 2.75) is 0 Å². The fourth-order valence-electron chi connectivity index (χ4n) is 1.10. The molecule has 0 saturated heterocycles. The molecular weight excluding hydrogens is 288 g/mol. The Morgan fingerprint density at radius 1 is 1.29 bits per heavy atom. The third-order valence-corrected chi connectivity index (χ3v) is 2.35. The van der Waals surface area contributed by atoms with E-state index in [4.69, 9.17) is 0 Å². The molecule has 2 aromatic rings. The normalized spacial score (nSPS) is 9.94. The van der Waals surface area contributed by atoms with Gasteiger partial charge in [-0.2, -0.15) is 5.10 Å². The molecule has 0 aliphatic carbocycles. The predicted molar refractivity (Wildman–Crippen MR) is 64.7 cm³/mol. The Labute approximate surface area is 104 Å². The van der Waals surface area contributed by atoms with Crippen LogP contribution in [0.25, 0.3) is 0 Å². The fraction of sp³-hybridized carbons (Fsp3) is 0. The van der Waals surface area contributed by atoms with Gasteiger partial charge in [0, 0.05) is 16.7 Å². The number of aromatic amines is 1. The lowest BCUT2D eigenvalue weighted by atomic mass is 10.3. The number of nitrogens with zero attached hydrogens (tertiary/aromatic N) is 2. The average molecular weight is 295 g/mol. The van der Waals surface area contributed by atoms with Gasteiger partial charge in [0.1, 0.15) is 5.69 Å². The van der Waals surface area contributed by atoms with Crippen LogP contribution in [-0.2, 0) is 0 Å². The van der Waals surface area contributed by atoms with E-state index in [1.807, 2.05) is 0 Å². The molecular formula is C10H7BrN4O2. The molecule has 2 rings (SSSR count). The van der Waals surface area contributed by atoms with Crippen LogP contribution in [0.4, 0.5) is 5.82 Å². The molecule has 0 saturated carbocycles. The van der Waals surface area contributed by atoms with Gasteiger partial charge in [-0.1, -0.05) is 0 Å². The lowest BCUT2D eigenvalue weighted by molar-refractivity contribution is 0.102. The summed E-state index contributed by atoms with van der Waals surface area (Å²) in [7, 11) is 0. The smallest absolute Gasteiger partial charge is 0.275 e. The van der Waals surface area contributed by atoms with Crippen molar-refractivity contribution in [3.8, 4) is 0 Å². The Morgan fingerprint density at radius 3 is 2.71 bits per heavy atom. The largest absolute Gasteiger partial charge is 0.304 e. The number of rotatable bonds is 2. The Balaban J connectivity index is 2.14. The highest BCUT2D eigenvalue weighted by molar-refractivity contribution is 9.10. The van der Waals surface area contributed by atoms with Gasteiger partial charge in [0.2, 0.25) is 0 Å². The topological polar surface area (TPSA) is 87.7 Å². The zero-order valence-corrected chi connectivity index (χ0v) is 10.1. The van der Waals surface area contributed by atoms with Gasteiger partial charge < -0.3 is 5.32 Å². The summed E-state index contributed by atoms with van der Waals surface area (Å²) < 4.78 is 0.788. The number of hydrogen-bond acceptors (Lipinski definition) is 4. The first kappa shape index (κ1) is 11.5. The van der Waals surface area contributed by atoms with E-state index in [-0.39, 0.29) is 17.1 Å². The number of anilines is 1. The van der Waals surface area contributed by atoms with Crippen LogP contribution in [0.15, 0.2) is 39.7 Å². The van der Waals surface area contributed by atoms with Crippen molar-refractivity contribution in [2.75, 3.05) is 5.32 Å². The lowest BCUT2D eigenvalue weighted by Gasteiger charge is -2.02. The van der Waals surface area contributed by atoms with E-state index < -0.39 is 5.91 Å². The van der Waals surface area contributed by atoms with E-state index >= 15 is 0 Å². The minimum atomic E-state index is -0.392. The maximum absolute atomic E-state index is 11.7. The van der Waals surface area contributed by atoms with Crippen molar-refractivity contribution in [1.29, 1.82) is 0 Å². The number of nitrogens with one attached hydrogen (secondary N) is 2. The summed E-state index contributed by atoms with van der Waals surface area (Å²) in [6, 6.07) is 5.97. The highest BCUT2D eigenvalue weighted by Crippen LogP contribution is 2.08. The van der Waals surface area contributed by atoms with Crippen LogP contribution in [0.2, 0.25) is 0 Å². The van der Waals surface area contributed by atoms with Crippen molar-refractivity contribution in [1.82, 2.24) is 15.2 Å². The molecule has 0 aliphatic heterocycles. The van der Waals surface area contributed by atoms with Crippen LogP contribution >= 0.6 is 15.9 Å². The minimum Gasteiger partial charge on any atom is -0.304 e. The van der Waals surface area contributed by atoms with Crippen molar-refractivity contribution in [3.63, 3.8) is 0 Å². The molecule has 0 aromatic carbocycles. The Kier molecular flexibility index (Phi) is 3.29. The second kappa shape index (κ2) is 4.88. The minimum absolute atomic E-state index is 0.263. The zero-order valence-electron chi connectivity index (χ0n) is 8.48. The summed E-state index contributed by atoms with van der Waals surface area (Å²) in [6.45, 7) is 0. The summed E-state index contributed by atoms with van der Waals surface area (Å²) in [4.78, 5) is 26.4. The molecule has 2 heterocycles. The van der Waals surface area contributed by atoms with Gasteiger partial charge in [-0.25, -0.2) is 10.1 Å². The van der Waals surface area contributed by atoms with Crippen LogP contribution in [0.3, 0.4) is 0 Å². The Hall–Kier alpha value is -2.02. The Morgan fingerprint density at radius 2 is 2.12 bits per heavy atom. The van der Waals surface area contributed by atoms with Crippen molar-refractivity contribution < 1.29 is 4.79 Å². The number of aromatic nitrogens is 3. The fourth-order valence-corrected chi connectivity index (χ4v) is 1.34. The van der Waals surface area contributed by atoms with Crippen LogP contribution in [-0.4, -0.2) is 21.1 Å². The monoisotopic (exact) mass is 294 g/mol. The molecule has 0 fully saturated rings. The van der Waals surface area contributed by atoms with E-state index in [0.717, 1.165) is 4.47 Å². The maximum Gasteiger partial charge on any atom is 0.275 e. The molecule has 0 bridgehead atoms. The van der Waals surface area contributed by atoms with Gasteiger partial charge in [-0.05, 0) is 34.1 Å². The number of hydrogen-bond donors (Lipinski definition) is 2. The third kappa shape index (κ3) is 2.97. The maximum atomic E-state index is 11.7. The van der Waals surface area contributed by atoms with Crippen LogP contribution in [0.1, 0.15) is 10.5 Å². The van der Waals surface area contributed by atoms with Gasteiger partial charge in [0.05, 0.1) is 0 Å². The molecule has 6 nitrogen and oxygen atoms in total. The van der Waals surface area contributed by atoms with E-state index in [1.165, 1.54) is 18.3 Å². The van der Waals surface area contributed by atoms with Crippen LogP contribution < -0.4 is 10.9 Å². The molecule has 86 valence electrons. The standard InChI is InChI=1S/C10H7BrN4O2/c11-6-1-2-7(12-5-6)10(17)13-8-3-4-9(16)15-14-8/h1-5H,(H,15,16)(H,13,14,17). The molecule has 0 aliphatic rings. The quantitative estimate of drug-likeness (QED) is 0.871. The SMILES string of the molecule is O=C(Nc1ccc(=O)[nH]n1)c1ccc(Br)cn1. The molecule has 2 aromatic heterocycles. The number of carbonyl (C=O) groups excluding carboxylic acids is 1. The predicted octanol–water partition coefficient (Wildman–Crippen LogP) is 1.18. The third-order valence-electron chi connectivity index (χ3n) is 1.88. The van der Waals surface area contributed by atoms with E-state index in [0.29, 0.717) is 0 Å². The molecule has 0 spiro atoms. The van der Waals surface area contributed by atoms with Crippen LogP contribution in [0, 0.1) is 0 Å². The zero-order chi connectivity index (χ0) is 12.3. The van der Waals surface area contributed by atoms with Crippen molar-refractivity contribution in [3.05, 3.63) is 51.0 Å². The van der Waals surface area contributed by atoms with Gasteiger partial charge in [0.25, 0.3) is 11.5 Å². The molecule has 7 heteroatoms. The summed E-state index contributed by atoms with van der Waals surface area (Å²) in [6.07, 6.45) is 1.52. The summed E-state index contributed by atoms with van der Waals surface area (Å²) in [5.41, 5.74) is -0.0639. The number of halogens is 1. The first-order valence-electron chi connectivity index (χ1n) is 4.64. The summed E-state index contributed by atoms with van der Waals surface area (Å²) >= 11 is 3.22. The molecule has 0 unspecified atom stereocenters.